The molecule has 6 nitrogen and oxygen atoms in total. The molecule has 0 fully saturated rings. The van der Waals surface area contributed by atoms with Crippen LogP contribution in [0, 0.1) is 0 Å². The van der Waals surface area contributed by atoms with Crippen LogP contribution in [0.3, 0.4) is 0 Å². The van der Waals surface area contributed by atoms with Gasteiger partial charge >= 0.3 is 0 Å². The molecule has 122 valence electrons. The molecule has 1 aromatic carbocycles. The Balaban J connectivity index is 2.68. The number of amides is 1. The van der Waals surface area contributed by atoms with Gasteiger partial charge in [0, 0.05) is 26.1 Å². The van der Waals surface area contributed by atoms with Crippen molar-refractivity contribution in [1.82, 2.24) is 9.62 Å². The molecule has 0 heterocycles. The van der Waals surface area contributed by atoms with Crippen molar-refractivity contribution < 1.29 is 17.9 Å². The van der Waals surface area contributed by atoms with Crippen molar-refractivity contribution in [3.05, 3.63) is 42.5 Å². The fourth-order valence-electron chi connectivity index (χ4n) is 1.80. The van der Waals surface area contributed by atoms with E-state index >= 15 is 0 Å². The summed E-state index contributed by atoms with van der Waals surface area (Å²) in [5.74, 6) is 0.502. The molecule has 0 aliphatic carbocycles. The highest BCUT2D eigenvalue weighted by Gasteiger charge is 2.18. The Hall–Kier alpha value is -1.86. The summed E-state index contributed by atoms with van der Waals surface area (Å²) >= 11 is 0. The molecule has 0 bridgehead atoms. The first kappa shape index (κ1) is 18.2. The molecule has 7 heteroatoms. The summed E-state index contributed by atoms with van der Waals surface area (Å²) in [6.07, 6.45) is 2.82. The van der Waals surface area contributed by atoms with Crippen LogP contribution in [0.1, 0.15) is 12.0 Å². The average molecular weight is 326 g/mol. The summed E-state index contributed by atoms with van der Waals surface area (Å²) in [5.41, 5.74) is 0.831. The zero-order valence-corrected chi connectivity index (χ0v) is 13.7. The van der Waals surface area contributed by atoms with Gasteiger partial charge < -0.3 is 10.1 Å². The van der Waals surface area contributed by atoms with E-state index < -0.39 is 10.0 Å². The first-order valence-corrected chi connectivity index (χ1v) is 8.67. The molecule has 22 heavy (non-hydrogen) atoms. The second kappa shape index (κ2) is 8.55. The number of sulfonamides is 1. The number of methoxy groups -OCH3 is 1. The van der Waals surface area contributed by atoms with E-state index in [2.05, 4.69) is 11.9 Å². The van der Waals surface area contributed by atoms with Crippen LogP contribution in [0.4, 0.5) is 0 Å². The minimum atomic E-state index is -3.39. The van der Waals surface area contributed by atoms with Crippen molar-refractivity contribution in [3.63, 3.8) is 0 Å². The van der Waals surface area contributed by atoms with E-state index in [9.17, 15) is 13.2 Å². The fourth-order valence-corrected chi connectivity index (χ4v) is 2.60. The Bertz CT molecular complexity index is 596. The minimum Gasteiger partial charge on any atom is -0.497 e. The second-order valence-electron chi connectivity index (χ2n) is 4.79. The SMILES string of the molecule is C=CCNC(=O)CCN(Cc1ccc(OC)cc1)S(C)(=O)=O. The van der Waals surface area contributed by atoms with Crippen LogP contribution >= 0.6 is 0 Å². The number of carbonyl (C=O) groups is 1. The molecule has 0 aromatic heterocycles. The predicted octanol–water partition coefficient (Wildman–Crippen LogP) is 1.15. The number of nitrogens with one attached hydrogen (secondary N) is 1. The summed E-state index contributed by atoms with van der Waals surface area (Å²) in [6.45, 7) is 4.23. The van der Waals surface area contributed by atoms with E-state index in [1.54, 1.807) is 37.5 Å². The molecule has 0 unspecified atom stereocenters. The highest BCUT2D eigenvalue weighted by atomic mass is 32.2. The molecule has 0 aliphatic rings. The van der Waals surface area contributed by atoms with E-state index in [1.807, 2.05) is 0 Å². The van der Waals surface area contributed by atoms with Gasteiger partial charge in [0.1, 0.15) is 5.75 Å². The second-order valence-corrected chi connectivity index (χ2v) is 6.77. The van der Waals surface area contributed by atoms with Crippen LogP contribution in [0.25, 0.3) is 0 Å². The monoisotopic (exact) mass is 326 g/mol. The highest BCUT2D eigenvalue weighted by molar-refractivity contribution is 7.88. The van der Waals surface area contributed by atoms with Crippen LogP contribution in [0.5, 0.6) is 5.75 Å². The van der Waals surface area contributed by atoms with Crippen LogP contribution in [0.15, 0.2) is 36.9 Å². The molecule has 0 aliphatic heterocycles. The van der Waals surface area contributed by atoms with E-state index in [4.69, 9.17) is 4.74 Å². The van der Waals surface area contributed by atoms with Gasteiger partial charge in [0.2, 0.25) is 15.9 Å². The lowest BCUT2D eigenvalue weighted by atomic mass is 10.2. The van der Waals surface area contributed by atoms with Gasteiger partial charge in [-0.3, -0.25) is 4.79 Å². The molecule has 0 saturated heterocycles. The van der Waals surface area contributed by atoms with Crippen molar-refractivity contribution >= 4 is 15.9 Å². The standard InChI is InChI=1S/C15H22N2O4S/c1-4-10-16-15(18)9-11-17(22(3,19)20)12-13-5-7-14(21-2)8-6-13/h4-8H,1,9-12H2,2-3H3,(H,16,18). The molecule has 1 rings (SSSR count). The average Bonchev–Trinajstić information content (AvgIpc) is 2.48. The van der Waals surface area contributed by atoms with Gasteiger partial charge in [-0.25, -0.2) is 8.42 Å². The molecule has 1 N–H and O–H groups in total. The van der Waals surface area contributed by atoms with E-state index in [-0.39, 0.29) is 25.4 Å². The smallest absolute Gasteiger partial charge is 0.221 e. The van der Waals surface area contributed by atoms with Crippen molar-refractivity contribution in [1.29, 1.82) is 0 Å². The number of hydrogen-bond acceptors (Lipinski definition) is 4. The number of hydrogen-bond donors (Lipinski definition) is 1. The van der Waals surface area contributed by atoms with Gasteiger partial charge in [0.25, 0.3) is 0 Å². The Kier molecular flexibility index (Phi) is 7.07. The summed E-state index contributed by atoms with van der Waals surface area (Å²) in [7, 11) is -1.82. The van der Waals surface area contributed by atoms with Crippen molar-refractivity contribution in [2.24, 2.45) is 0 Å². The molecule has 1 amide bonds. The Morgan fingerprint density at radius 1 is 1.36 bits per heavy atom. The molecule has 0 atom stereocenters. The fraction of sp³-hybridized carbons (Fsp3) is 0.400. The van der Waals surface area contributed by atoms with Crippen LogP contribution in [0.2, 0.25) is 0 Å². The minimum absolute atomic E-state index is 0.108. The zero-order valence-electron chi connectivity index (χ0n) is 12.9. The van der Waals surface area contributed by atoms with Gasteiger partial charge in [-0.2, -0.15) is 4.31 Å². The van der Waals surface area contributed by atoms with Crippen molar-refractivity contribution in [3.8, 4) is 5.75 Å². The van der Waals surface area contributed by atoms with Crippen molar-refractivity contribution in [2.75, 3.05) is 26.5 Å². The predicted molar refractivity (Wildman–Crippen MR) is 86.1 cm³/mol. The summed E-state index contributed by atoms with van der Waals surface area (Å²) in [6, 6.07) is 7.14. The number of nitrogens with zero attached hydrogens (tertiary/aromatic N) is 1. The first-order valence-electron chi connectivity index (χ1n) is 6.82. The van der Waals surface area contributed by atoms with E-state index in [1.165, 1.54) is 4.31 Å². The number of benzene rings is 1. The van der Waals surface area contributed by atoms with E-state index in [0.29, 0.717) is 12.3 Å². The van der Waals surface area contributed by atoms with Gasteiger partial charge in [-0.05, 0) is 17.7 Å². The van der Waals surface area contributed by atoms with E-state index in [0.717, 1.165) is 11.8 Å². The molecule has 1 aromatic rings. The lowest BCUT2D eigenvalue weighted by Crippen LogP contribution is -2.34. The molecular formula is C15H22N2O4S. The molecule has 0 spiro atoms. The van der Waals surface area contributed by atoms with Crippen molar-refractivity contribution in [2.45, 2.75) is 13.0 Å². The Labute approximate surface area is 131 Å². The summed E-state index contributed by atoms with van der Waals surface area (Å²) in [4.78, 5) is 11.6. The molecule has 0 radical (unpaired) electrons. The maximum atomic E-state index is 11.8. The Morgan fingerprint density at radius 3 is 2.50 bits per heavy atom. The maximum absolute atomic E-state index is 11.8. The molecular weight excluding hydrogens is 304 g/mol. The summed E-state index contributed by atoms with van der Waals surface area (Å²) < 4.78 is 30.0. The lowest BCUT2D eigenvalue weighted by Gasteiger charge is -2.20. The highest BCUT2D eigenvalue weighted by Crippen LogP contribution is 2.14. The zero-order chi connectivity index (χ0) is 16.6. The number of rotatable bonds is 9. The first-order chi connectivity index (χ1) is 10.4. The lowest BCUT2D eigenvalue weighted by molar-refractivity contribution is -0.121. The largest absolute Gasteiger partial charge is 0.497 e. The number of ether oxygens (including phenoxy) is 1. The third-order valence-corrected chi connectivity index (χ3v) is 4.27. The number of carbonyl (C=O) groups excluding carboxylic acids is 1. The normalized spacial score (nSPS) is 11.2. The molecule has 0 saturated carbocycles. The van der Waals surface area contributed by atoms with Crippen LogP contribution in [-0.2, 0) is 21.4 Å². The quantitative estimate of drug-likeness (QED) is 0.691. The van der Waals surface area contributed by atoms with Gasteiger partial charge in [0.15, 0.2) is 0 Å². The summed E-state index contributed by atoms with van der Waals surface area (Å²) in [5, 5.41) is 2.62. The third kappa shape index (κ3) is 6.28. The van der Waals surface area contributed by atoms with Gasteiger partial charge in [-0.1, -0.05) is 18.2 Å². The van der Waals surface area contributed by atoms with Gasteiger partial charge in [0.05, 0.1) is 13.4 Å². The topological polar surface area (TPSA) is 75.7 Å². The Morgan fingerprint density at radius 2 is 2.00 bits per heavy atom. The third-order valence-electron chi connectivity index (χ3n) is 3.02. The van der Waals surface area contributed by atoms with Crippen LogP contribution < -0.4 is 10.1 Å². The maximum Gasteiger partial charge on any atom is 0.221 e. The van der Waals surface area contributed by atoms with Gasteiger partial charge in [-0.15, -0.1) is 6.58 Å². The van der Waals surface area contributed by atoms with Crippen LogP contribution in [-0.4, -0.2) is 45.1 Å².